The van der Waals surface area contributed by atoms with E-state index >= 15 is 0 Å². The molecule has 5 atom stereocenters. The predicted octanol–water partition coefficient (Wildman–Crippen LogP) is 1.91. The van der Waals surface area contributed by atoms with Gasteiger partial charge in [0.25, 0.3) is 0 Å². The number of carbonyl (C=O) groups excluding carboxylic acids is 2. The monoisotopic (exact) mass is 508 g/mol. The molecule has 2 aromatic carbocycles. The van der Waals surface area contributed by atoms with Crippen LogP contribution >= 0.6 is 0 Å². The van der Waals surface area contributed by atoms with Gasteiger partial charge in [-0.25, -0.2) is 8.42 Å². The van der Waals surface area contributed by atoms with Crippen LogP contribution < -0.4 is 11.1 Å². The van der Waals surface area contributed by atoms with Crippen LogP contribution in [-0.4, -0.2) is 56.0 Å². The fourth-order valence-corrected chi connectivity index (χ4v) is 7.18. The smallest absolute Gasteiger partial charge is 0.244 e. The van der Waals surface area contributed by atoms with Gasteiger partial charge in [0, 0.05) is 12.5 Å². The zero-order chi connectivity index (χ0) is 25.4. The summed E-state index contributed by atoms with van der Waals surface area (Å²) in [5.74, 6) is -1.45. The summed E-state index contributed by atoms with van der Waals surface area (Å²) in [6.07, 6.45) is 4.80. The second-order valence-electron chi connectivity index (χ2n) is 9.41. The summed E-state index contributed by atoms with van der Waals surface area (Å²) in [6, 6.07) is 14.7. The van der Waals surface area contributed by atoms with Gasteiger partial charge in [0.2, 0.25) is 21.8 Å². The SMILES string of the molecule is CON=C1C[C@@H](C(=O)N[C@H]2[C@@H](C(N)=O)[C@H]3C=C[C@@H]2C3)N(S(=O)(=O)c2ccc(-c3ccccc3)cc2)C1. The number of primary amides is 1. The Bertz CT molecular complexity index is 1320. The highest BCUT2D eigenvalue weighted by atomic mass is 32.2. The summed E-state index contributed by atoms with van der Waals surface area (Å²) in [6.45, 7) is -0.0649. The van der Waals surface area contributed by atoms with Crippen LogP contribution in [0.25, 0.3) is 11.1 Å². The lowest BCUT2D eigenvalue weighted by Gasteiger charge is -2.29. The minimum Gasteiger partial charge on any atom is -0.399 e. The van der Waals surface area contributed by atoms with Gasteiger partial charge in [-0.05, 0) is 41.5 Å². The van der Waals surface area contributed by atoms with E-state index in [1.54, 1.807) is 24.3 Å². The molecule has 1 saturated carbocycles. The fourth-order valence-electron chi connectivity index (χ4n) is 5.60. The number of carbonyl (C=O) groups is 2. The molecule has 2 aliphatic carbocycles. The van der Waals surface area contributed by atoms with Crippen molar-refractivity contribution in [2.45, 2.75) is 29.8 Å². The van der Waals surface area contributed by atoms with E-state index in [0.29, 0.717) is 5.71 Å². The standard InChI is InChI=1S/C26H28N4O5S/c1-35-29-20-14-22(26(32)28-24-19-8-7-18(13-19)23(24)25(27)31)30(15-20)36(33,34)21-11-9-17(10-12-21)16-5-3-2-4-6-16/h2-12,18-19,22-24H,13-15H2,1H3,(H2,27,31)(H,28,32)/t18-,19+,22-,23-,24+/m0/s1. The first kappa shape index (κ1) is 24.2. The summed E-state index contributed by atoms with van der Waals surface area (Å²) in [7, 11) is -2.65. The third-order valence-corrected chi connectivity index (χ3v) is 9.17. The Morgan fingerprint density at radius 1 is 1.03 bits per heavy atom. The van der Waals surface area contributed by atoms with Crippen molar-refractivity contribution in [2.75, 3.05) is 13.7 Å². The second-order valence-corrected chi connectivity index (χ2v) is 11.3. The highest BCUT2D eigenvalue weighted by Gasteiger charge is 2.50. The minimum absolute atomic E-state index is 0.000513. The van der Waals surface area contributed by atoms with Crippen molar-refractivity contribution in [1.29, 1.82) is 0 Å². The number of nitrogens with one attached hydrogen (secondary N) is 1. The van der Waals surface area contributed by atoms with Gasteiger partial charge in [0.1, 0.15) is 13.2 Å². The fraction of sp³-hybridized carbons (Fsp3) is 0.346. The normalized spacial score (nSPS) is 28.5. The van der Waals surface area contributed by atoms with Gasteiger partial charge in [0.15, 0.2) is 0 Å². The molecule has 36 heavy (non-hydrogen) atoms. The van der Waals surface area contributed by atoms with Gasteiger partial charge in [-0.1, -0.05) is 59.8 Å². The zero-order valence-electron chi connectivity index (χ0n) is 19.8. The quantitative estimate of drug-likeness (QED) is 0.436. The van der Waals surface area contributed by atoms with Crippen LogP contribution in [0.3, 0.4) is 0 Å². The molecule has 1 heterocycles. The minimum atomic E-state index is -4.03. The number of benzene rings is 2. The first-order valence-electron chi connectivity index (χ1n) is 11.8. The third-order valence-electron chi connectivity index (χ3n) is 7.30. The van der Waals surface area contributed by atoms with Crippen molar-refractivity contribution in [2.24, 2.45) is 28.6 Å². The Morgan fingerprint density at radius 3 is 2.36 bits per heavy atom. The van der Waals surface area contributed by atoms with E-state index in [9.17, 15) is 18.0 Å². The van der Waals surface area contributed by atoms with E-state index < -0.39 is 39.8 Å². The lowest BCUT2D eigenvalue weighted by atomic mass is 9.88. The number of fused-ring (bicyclic) bond motifs is 2. The van der Waals surface area contributed by atoms with Crippen molar-refractivity contribution < 1.29 is 22.8 Å². The Hall–Kier alpha value is -3.50. The summed E-state index contributed by atoms with van der Waals surface area (Å²) in [5.41, 5.74) is 7.93. The molecule has 188 valence electrons. The van der Waals surface area contributed by atoms with E-state index in [1.165, 1.54) is 7.11 Å². The van der Waals surface area contributed by atoms with Crippen molar-refractivity contribution in [1.82, 2.24) is 9.62 Å². The first-order valence-corrected chi connectivity index (χ1v) is 13.3. The zero-order valence-corrected chi connectivity index (χ0v) is 20.6. The average Bonchev–Trinajstić information content (AvgIpc) is 3.60. The van der Waals surface area contributed by atoms with Crippen molar-refractivity contribution in [3.05, 3.63) is 66.7 Å². The molecular weight excluding hydrogens is 480 g/mol. The third kappa shape index (κ3) is 4.31. The Morgan fingerprint density at radius 2 is 1.69 bits per heavy atom. The molecule has 2 bridgehead atoms. The average molecular weight is 509 g/mol. The number of nitrogens with two attached hydrogens (primary N) is 1. The Labute approximate surface area is 210 Å². The van der Waals surface area contributed by atoms with Crippen LogP contribution in [0.5, 0.6) is 0 Å². The molecule has 0 spiro atoms. The Kier molecular flexibility index (Phi) is 6.40. The molecule has 2 amide bonds. The molecule has 9 nitrogen and oxygen atoms in total. The summed E-state index contributed by atoms with van der Waals surface area (Å²) in [5, 5.41) is 6.86. The number of sulfonamides is 1. The molecule has 10 heteroatoms. The number of rotatable bonds is 7. The van der Waals surface area contributed by atoms with Gasteiger partial charge in [-0.2, -0.15) is 4.31 Å². The molecule has 1 saturated heterocycles. The largest absolute Gasteiger partial charge is 0.399 e. The number of allylic oxidation sites excluding steroid dienone is 1. The first-order chi connectivity index (χ1) is 17.3. The van der Waals surface area contributed by atoms with Gasteiger partial charge >= 0.3 is 0 Å². The van der Waals surface area contributed by atoms with E-state index in [1.807, 2.05) is 42.5 Å². The molecule has 3 aliphatic rings. The Balaban J connectivity index is 1.40. The number of hydrogen-bond acceptors (Lipinski definition) is 6. The lowest BCUT2D eigenvalue weighted by Crippen LogP contribution is -2.53. The van der Waals surface area contributed by atoms with E-state index in [0.717, 1.165) is 21.9 Å². The molecule has 3 N–H and O–H groups in total. The van der Waals surface area contributed by atoms with Crippen molar-refractivity contribution in [3.8, 4) is 11.1 Å². The van der Waals surface area contributed by atoms with Crippen LogP contribution in [-0.2, 0) is 24.4 Å². The lowest BCUT2D eigenvalue weighted by molar-refractivity contribution is -0.127. The molecule has 0 radical (unpaired) electrons. The number of amides is 2. The van der Waals surface area contributed by atoms with E-state index in [4.69, 9.17) is 10.6 Å². The molecule has 5 rings (SSSR count). The van der Waals surface area contributed by atoms with E-state index in [-0.39, 0.29) is 29.7 Å². The molecule has 0 unspecified atom stereocenters. The van der Waals surface area contributed by atoms with Crippen LogP contribution in [0, 0.1) is 17.8 Å². The van der Waals surface area contributed by atoms with Crippen molar-refractivity contribution in [3.63, 3.8) is 0 Å². The van der Waals surface area contributed by atoms with Gasteiger partial charge < -0.3 is 15.9 Å². The van der Waals surface area contributed by atoms with E-state index in [2.05, 4.69) is 10.5 Å². The molecule has 0 aromatic heterocycles. The topological polar surface area (TPSA) is 131 Å². The van der Waals surface area contributed by atoms with Gasteiger partial charge in [-0.3, -0.25) is 9.59 Å². The van der Waals surface area contributed by atoms with Crippen LogP contribution in [0.4, 0.5) is 0 Å². The van der Waals surface area contributed by atoms with Crippen LogP contribution in [0.1, 0.15) is 12.8 Å². The van der Waals surface area contributed by atoms with Crippen molar-refractivity contribution >= 4 is 27.5 Å². The number of nitrogens with zero attached hydrogens (tertiary/aromatic N) is 2. The molecule has 2 fully saturated rings. The highest BCUT2D eigenvalue weighted by molar-refractivity contribution is 7.89. The second kappa shape index (κ2) is 9.51. The van der Waals surface area contributed by atoms with Gasteiger partial charge in [-0.15, -0.1) is 0 Å². The maximum absolute atomic E-state index is 13.6. The summed E-state index contributed by atoms with van der Waals surface area (Å²) < 4.78 is 28.5. The molecule has 2 aromatic rings. The highest BCUT2D eigenvalue weighted by Crippen LogP contribution is 2.43. The van der Waals surface area contributed by atoms with Crippen LogP contribution in [0.2, 0.25) is 0 Å². The summed E-state index contributed by atoms with van der Waals surface area (Å²) >= 11 is 0. The maximum Gasteiger partial charge on any atom is 0.244 e. The predicted molar refractivity (Wildman–Crippen MR) is 134 cm³/mol. The van der Waals surface area contributed by atoms with Crippen LogP contribution in [0.15, 0.2) is 76.8 Å². The summed E-state index contributed by atoms with van der Waals surface area (Å²) in [4.78, 5) is 30.5. The van der Waals surface area contributed by atoms with Gasteiger partial charge in [0.05, 0.1) is 23.1 Å². The number of hydrogen-bond donors (Lipinski definition) is 2. The molecular formula is C26H28N4O5S. The maximum atomic E-state index is 13.6. The molecule has 1 aliphatic heterocycles. The number of oxime groups is 1.